The van der Waals surface area contributed by atoms with Crippen molar-refractivity contribution < 1.29 is 14.4 Å². The molecule has 0 aromatic heterocycles. The zero-order chi connectivity index (χ0) is 11.0. The van der Waals surface area contributed by atoms with E-state index in [0.717, 1.165) is 4.90 Å². The van der Waals surface area contributed by atoms with Gasteiger partial charge in [-0.3, -0.25) is 19.3 Å². The number of hydrogen-bond acceptors (Lipinski definition) is 3. The molecule has 0 bridgehead atoms. The zero-order valence-corrected chi connectivity index (χ0v) is 8.33. The SMILES string of the molecule is CC(C)=C1C(=O)N(C)C(=O)C1C(N)=O. The highest BCUT2D eigenvalue weighted by Gasteiger charge is 2.44. The minimum Gasteiger partial charge on any atom is -0.369 e. The topological polar surface area (TPSA) is 80.5 Å². The van der Waals surface area contributed by atoms with E-state index in [1.165, 1.54) is 7.05 Å². The van der Waals surface area contributed by atoms with Crippen molar-refractivity contribution in [3.63, 3.8) is 0 Å². The summed E-state index contributed by atoms with van der Waals surface area (Å²) < 4.78 is 0. The third kappa shape index (κ3) is 1.30. The van der Waals surface area contributed by atoms with Crippen LogP contribution in [-0.4, -0.2) is 29.7 Å². The van der Waals surface area contributed by atoms with Crippen LogP contribution in [0.15, 0.2) is 11.1 Å². The van der Waals surface area contributed by atoms with Crippen molar-refractivity contribution in [3.05, 3.63) is 11.1 Å². The average molecular weight is 196 g/mol. The summed E-state index contributed by atoms with van der Waals surface area (Å²) >= 11 is 0. The first-order valence-electron chi connectivity index (χ1n) is 4.16. The van der Waals surface area contributed by atoms with Crippen LogP contribution in [0.3, 0.4) is 0 Å². The summed E-state index contributed by atoms with van der Waals surface area (Å²) in [5.41, 5.74) is 5.93. The van der Waals surface area contributed by atoms with Gasteiger partial charge in [0.2, 0.25) is 11.8 Å². The van der Waals surface area contributed by atoms with Crippen molar-refractivity contribution in [1.82, 2.24) is 4.90 Å². The Bertz CT molecular complexity index is 353. The summed E-state index contributed by atoms with van der Waals surface area (Å²) in [7, 11) is 1.34. The Morgan fingerprint density at radius 2 is 1.86 bits per heavy atom. The molecule has 0 radical (unpaired) electrons. The lowest BCUT2D eigenvalue weighted by Gasteiger charge is -2.04. The lowest BCUT2D eigenvalue weighted by atomic mass is 9.97. The first-order valence-corrected chi connectivity index (χ1v) is 4.16. The molecule has 0 saturated carbocycles. The maximum Gasteiger partial charge on any atom is 0.257 e. The molecule has 1 saturated heterocycles. The Kier molecular flexibility index (Phi) is 2.42. The number of nitrogens with two attached hydrogens (primary N) is 1. The number of imide groups is 1. The summed E-state index contributed by atoms with van der Waals surface area (Å²) in [5.74, 6) is -2.85. The summed E-state index contributed by atoms with van der Waals surface area (Å²) in [4.78, 5) is 34.9. The average Bonchev–Trinajstić information content (AvgIpc) is 2.29. The second-order valence-corrected chi connectivity index (χ2v) is 3.45. The number of hydrogen-bond donors (Lipinski definition) is 1. The molecule has 1 fully saturated rings. The summed E-state index contributed by atoms with van der Waals surface area (Å²) in [5, 5.41) is 0. The lowest BCUT2D eigenvalue weighted by molar-refractivity contribution is -0.139. The number of rotatable bonds is 1. The number of amides is 3. The molecule has 1 unspecified atom stereocenters. The number of allylic oxidation sites excluding steroid dienone is 1. The third-order valence-corrected chi connectivity index (χ3v) is 2.22. The van der Waals surface area contributed by atoms with Crippen molar-refractivity contribution in [3.8, 4) is 0 Å². The Morgan fingerprint density at radius 3 is 2.14 bits per heavy atom. The Balaban J connectivity index is 3.29. The molecule has 0 aromatic rings. The molecule has 0 aliphatic carbocycles. The van der Waals surface area contributed by atoms with E-state index in [4.69, 9.17) is 5.73 Å². The minimum absolute atomic E-state index is 0.213. The highest BCUT2D eigenvalue weighted by molar-refractivity contribution is 6.22. The third-order valence-electron chi connectivity index (χ3n) is 2.22. The maximum absolute atomic E-state index is 11.5. The normalized spacial score (nSPS) is 21.8. The Morgan fingerprint density at radius 1 is 1.36 bits per heavy atom. The predicted molar refractivity (Wildman–Crippen MR) is 48.8 cm³/mol. The molecule has 1 aliphatic rings. The Labute approximate surface area is 81.5 Å². The fraction of sp³-hybridized carbons (Fsp3) is 0.444. The molecule has 76 valence electrons. The van der Waals surface area contributed by atoms with E-state index in [1.54, 1.807) is 13.8 Å². The molecule has 0 aromatic carbocycles. The fourth-order valence-corrected chi connectivity index (χ4v) is 1.49. The van der Waals surface area contributed by atoms with Crippen LogP contribution >= 0.6 is 0 Å². The van der Waals surface area contributed by atoms with Crippen LogP contribution in [0, 0.1) is 5.92 Å². The quantitative estimate of drug-likeness (QED) is 0.346. The Hall–Kier alpha value is -1.65. The fourth-order valence-electron chi connectivity index (χ4n) is 1.49. The van der Waals surface area contributed by atoms with Crippen molar-refractivity contribution in [2.24, 2.45) is 11.7 Å². The van der Waals surface area contributed by atoms with E-state index < -0.39 is 23.6 Å². The first kappa shape index (κ1) is 10.4. The summed E-state index contributed by atoms with van der Waals surface area (Å²) in [6.45, 7) is 3.35. The largest absolute Gasteiger partial charge is 0.369 e. The molecule has 0 spiro atoms. The molecule has 1 heterocycles. The van der Waals surface area contributed by atoms with Gasteiger partial charge in [-0.1, -0.05) is 5.57 Å². The van der Waals surface area contributed by atoms with Gasteiger partial charge in [-0.25, -0.2) is 0 Å². The number of nitrogens with zero attached hydrogens (tertiary/aromatic N) is 1. The minimum atomic E-state index is -1.10. The predicted octanol–water partition coefficient (Wildman–Crippen LogP) is -0.577. The van der Waals surface area contributed by atoms with Gasteiger partial charge in [-0.05, 0) is 13.8 Å². The maximum atomic E-state index is 11.5. The van der Waals surface area contributed by atoms with Gasteiger partial charge in [0.1, 0.15) is 5.92 Å². The molecule has 3 amide bonds. The van der Waals surface area contributed by atoms with E-state index >= 15 is 0 Å². The molecular weight excluding hydrogens is 184 g/mol. The van der Waals surface area contributed by atoms with Crippen molar-refractivity contribution in [1.29, 1.82) is 0 Å². The number of primary amides is 1. The lowest BCUT2D eigenvalue weighted by Crippen LogP contribution is -2.32. The molecule has 1 aliphatic heterocycles. The van der Waals surface area contributed by atoms with Crippen molar-refractivity contribution in [2.45, 2.75) is 13.8 Å². The van der Waals surface area contributed by atoms with Crippen molar-refractivity contribution >= 4 is 17.7 Å². The second-order valence-electron chi connectivity index (χ2n) is 3.45. The first-order chi connectivity index (χ1) is 6.37. The van der Waals surface area contributed by atoms with Crippen LogP contribution in [0.4, 0.5) is 0 Å². The van der Waals surface area contributed by atoms with Gasteiger partial charge in [0.25, 0.3) is 5.91 Å². The summed E-state index contributed by atoms with van der Waals surface area (Å²) in [6, 6.07) is 0. The van der Waals surface area contributed by atoms with E-state index in [1.807, 2.05) is 0 Å². The number of likely N-dealkylation sites (N-methyl/N-ethyl adjacent to an activating group) is 1. The molecule has 14 heavy (non-hydrogen) atoms. The van der Waals surface area contributed by atoms with E-state index in [0.29, 0.717) is 5.57 Å². The summed E-state index contributed by atoms with van der Waals surface area (Å²) in [6.07, 6.45) is 0. The smallest absolute Gasteiger partial charge is 0.257 e. The van der Waals surface area contributed by atoms with Crippen LogP contribution < -0.4 is 5.73 Å². The molecule has 1 atom stereocenters. The van der Waals surface area contributed by atoms with Crippen molar-refractivity contribution in [2.75, 3.05) is 7.05 Å². The van der Waals surface area contributed by atoms with Gasteiger partial charge < -0.3 is 5.73 Å². The van der Waals surface area contributed by atoms with Crippen LogP contribution in [0.1, 0.15) is 13.8 Å². The number of carbonyl (C=O) groups excluding carboxylic acids is 3. The van der Waals surface area contributed by atoms with Gasteiger partial charge in [0, 0.05) is 12.6 Å². The highest BCUT2D eigenvalue weighted by atomic mass is 16.2. The number of likely N-dealkylation sites (tertiary alicyclic amines) is 1. The van der Waals surface area contributed by atoms with Gasteiger partial charge in [0.15, 0.2) is 0 Å². The monoisotopic (exact) mass is 196 g/mol. The van der Waals surface area contributed by atoms with Gasteiger partial charge in [0.05, 0.1) is 0 Å². The van der Waals surface area contributed by atoms with Crippen LogP contribution in [0.25, 0.3) is 0 Å². The van der Waals surface area contributed by atoms with Crippen LogP contribution in [0.5, 0.6) is 0 Å². The van der Waals surface area contributed by atoms with Gasteiger partial charge in [-0.15, -0.1) is 0 Å². The second kappa shape index (κ2) is 3.25. The highest BCUT2D eigenvalue weighted by Crippen LogP contribution is 2.26. The molecule has 1 rings (SSSR count). The molecule has 5 nitrogen and oxygen atoms in total. The molecule has 2 N–H and O–H groups in total. The van der Waals surface area contributed by atoms with E-state index in [2.05, 4.69) is 0 Å². The molecular formula is C9H12N2O3. The van der Waals surface area contributed by atoms with Gasteiger partial charge in [-0.2, -0.15) is 0 Å². The standard InChI is InChI=1S/C9H12N2O3/c1-4(2)5-6(7(10)12)9(14)11(3)8(5)13/h6H,1-3H3,(H2,10,12). The van der Waals surface area contributed by atoms with Crippen LogP contribution in [0.2, 0.25) is 0 Å². The van der Waals surface area contributed by atoms with E-state index in [-0.39, 0.29) is 5.57 Å². The molecule has 5 heteroatoms. The zero-order valence-electron chi connectivity index (χ0n) is 8.33. The van der Waals surface area contributed by atoms with E-state index in [9.17, 15) is 14.4 Å². The number of carbonyl (C=O) groups is 3. The van der Waals surface area contributed by atoms with Crippen LogP contribution in [-0.2, 0) is 14.4 Å². The van der Waals surface area contributed by atoms with Gasteiger partial charge >= 0.3 is 0 Å².